The van der Waals surface area contributed by atoms with Gasteiger partial charge >= 0.3 is 0 Å². The van der Waals surface area contributed by atoms with Gasteiger partial charge in [-0.15, -0.1) is 0 Å². The van der Waals surface area contributed by atoms with Crippen molar-refractivity contribution in [2.75, 3.05) is 13.7 Å². The molecule has 0 aliphatic carbocycles. The van der Waals surface area contributed by atoms with Gasteiger partial charge in [0.2, 0.25) is 5.91 Å². The number of ether oxygens (including phenoxy) is 1. The van der Waals surface area contributed by atoms with E-state index >= 15 is 0 Å². The van der Waals surface area contributed by atoms with Gasteiger partial charge in [0.15, 0.2) is 0 Å². The third-order valence-corrected chi connectivity index (χ3v) is 3.94. The van der Waals surface area contributed by atoms with Crippen LogP contribution in [0.3, 0.4) is 0 Å². The Bertz CT molecular complexity index is 451. The predicted molar refractivity (Wildman–Crippen MR) is 84.7 cm³/mol. The van der Waals surface area contributed by atoms with Crippen LogP contribution in [0.2, 0.25) is 0 Å². The number of hydrogen-bond donors (Lipinski definition) is 2. The monoisotopic (exact) mass is 342 g/mol. The minimum absolute atomic E-state index is 0.0297. The molecule has 0 radical (unpaired) electrons. The van der Waals surface area contributed by atoms with Crippen molar-refractivity contribution < 1.29 is 9.53 Å². The van der Waals surface area contributed by atoms with Crippen molar-refractivity contribution in [2.45, 2.75) is 32.7 Å². The molecule has 0 bridgehead atoms. The quantitative estimate of drug-likeness (QED) is 0.800. The summed E-state index contributed by atoms with van der Waals surface area (Å²) in [7, 11) is 1.63. The normalized spacial score (nSPS) is 13.7. The lowest BCUT2D eigenvalue weighted by atomic mass is 10.0. The first-order chi connectivity index (χ1) is 9.47. The van der Waals surface area contributed by atoms with Crippen molar-refractivity contribution >= 4 is 21.8 Å². The van der Waals surface area contributed by atoms with Crippen molar-refractivity contribution in [3.8, 4) is 5.75 Å². The molecule has 3 N–H and O–H groups in total. The van der Waals surface area contributed by atoms with Crippen LogP contribution in [0.5, 0.6) is 5.75 Å². The van der Waals surface area contributed by atoms with Crippen LogP contribution in [0, 0.1) is 5.92 Å². The first-order valence-corrected chi connectivity index (χ1v) is 7.60. The highest BCUT2D eigenvalue weighted by molar-refractivity contribution is 9.10. The van der Waals surface area contributed by atoms with E-state index in [1.807, 2.05) is 25.1 Å². The van der Waals surface area contributed by atoms with Crippen LogP contribution < -0.4 is 15.8 Å². The molecule has 0 aliphatic heterocycles. The molecule has 1 amide bonds. The molecule has 0 aliphatic rings. The fourth-order valence-electron chi connectivity index (χ4n) is 1.84. The molecule has 2 atom stereocenters. The van der Waals surface area contributed by atoms with Crippen LogP contribution in [-0.2, 0) is 4.79 Å². The molecular formula is C15H23BrN2O2. The van der Waals surface area contributed by atoms with Crippen LogP contribution in [0.4, 0.5) is 0 Å². The van der Waals surface area contributed by atoms with Gasteiger partial charge in [-0.2, -0.15) is 0 Å². The molecule has 20 heavy (non-hydrogen) atoms. The number of methoxy groups -OCH3 is 1. The van der Waals surface area contributed by atoms with Crippen molar-refractivity contribution in [1.82, 2.24) is 5.32 Å². The second-order valence-electron chi connectivity index (χ2n) is 5.06. The molecule has 1 aromatic rings. The minimum Gasteiger partial charge on any atom is -0.496 e. The summed E-state index contributed by atoms with van der Waals surface area (Å²) in [5.74, 6) is 1.22. The molecule has 0 saturated carbocycles. The first kappa shape index (κ1) is 17.0. The number of carbonyl (C=O) groups excluding carboxylic acids is 1. The smallest absolute Gasteiger partial charge is 0.220 e. The number of amides is 1. The van der Waals surface area contributed by atoms with Gasteiger partial charge in [0.25, 0.3) is 0 Å². The van der Waals surface area contributed by atoms with Crippen LogP contribution >= 0.6 is 15.9 Å². The SMILES string of the molecule is COc1ccc(C(C)NC(=O)CCC(C)CN)cc1Br. The van der Waals surface area contributed by atoms with Crippen LogP contribution in [0.1, 0.15) is 38.3 Å². The summed E-state index contributed by atoms with van der Waals surface area (Å²) in [5.41, 5.74) is 6.59. The van der Waals surface area contributed by atoms with Crippen LogP contribution in [0.15, 0.2) is 22.7 Å². The van der Waals surface area contributed by atoms with Gasteiger partial charge in [0.05, 0.1) is 17.6 Å². The molecule has 2 unspecified atom stereocenters. The third-order valence-electron chi connectivity index (χ3n) is 3.32. The standard InChI is InChI=1S/C15H23BrN2O2/c1-10(9-17)4-7-15(19)18-11(2)12-5-6-14(20-3)13(16)8-12/h5-6,8,10-11H,4,7,9,17H2,1-3H3,(H,18,19). The Hall–Kier alpha value is -1.07. The maximum absolute atomic E-state index is 11.9. The molecule has 4 nitrogen and oxygen atoms in total. The van der Waals surface area contributed by atoms with E-state index in [-0.39, 0.29) is 11.9 Å². The van der Waals surface area contributed by atoms with Crippen LogP contribution in [0.25, 0.3) is 0 Å². The Morgan fingerprint density at radius 2 is 2.15 bits per heavy atom. The minimum atomic E-state index is -0.0297. The zero-order valence-electron chi connectivity index (χ0n) is 12.3. The Balaban J connectivity index is 2.55. The number of benzene rings is 1. The predicted octanol–water partition coefficient (Wildman–Crippen LogP) is 3.01. The molecule has 0 heterocycles. The highest BCUT2D eigenvalue weighted by Crippen LogP contribution is 2.28. The summed E-state index contributed by atoms with van der Waals surface area (Å²) in [6, 6.07) is 5.78. The maximum Gasteiger partial charge on any atom is 0.220 e. The average molecular weight is 343 g/mol. The van der Waals surface area contributed by atoms with E-state index in [0.717, 1.165) is 22.2 Å². The number of hydrogen-bond acceptors (Lipinski definition) is 3. The summed E-state index contributed by atoms with van der Waals surface area (Å²) in [6.45, 7) is 4.64. The van der Waals surface area contributed by atoms with E-state index in [4.69, 9.17) is 10.5 Å². The molecule has 1 aromatic carbocycles. The summed E-state index contributed by atoms with van der Waals surface area (Å²) >= 11 is 3.45. The van der Waals surface area contributed by atoms with E-state index in [9.17, 15) is 4.79 Å². The summed E-state index contributed by atoms with van der Waals surface area (Å²) < 4.78 is 6.08. The van der Waals surface area contributed by atoms with Gasteiger partial charge in [0, 0.05) is 6.42 Å². The van der Waals surface area contributed by atoms with Gasteiger partial charge in [-0.25, -0.2) is 0 Å². The van der Waals surface area contributed by atoms with Crippen molar-refractivity contribution in [2.24, 2.45) is 11.7 Å². The van der Waals surface area contributed by atoms with E-state index < -0.39 is 0 Å². The fourth-order valence-corrected chi connectivity index (χ4v) is 2.40. The van der Waals surface area contributed by atoms with E-state index in [1.165, 1.54) is 0 Å². The average Bonchev–Trinajstić information content (AvgIpc) is 2.44. The highest BCUT2D eigenvalue weighted by Gasteiger charge is 2.12. The molecule has 0 saturated heterocycles. The number of rotatable bonds is 7. The van der Waals surface area contributed by atoms with Crippen LogP contribution in [-0.4, -0.2) is 19.6 Å². The lowest BCUT2D eigenvalue weighted by Crippen LogP contribution is -2.27. The lowest BCUT2D eigenvalue weighted by Gasteiger charge is -2.16. The summed E-state index contributed by atoms with van der Waals surface area (Å²) in [6.07, 6.45) is 1.33. The Labute approximate surface area is 129 Å². The molecule has 1 rings (SSSR count). The molecule has 0 spiro atoms. The van der Waals surface area contributed by atoms with Gasteiger partial charge in [-0.05, 0) is 59.4 Å². The highest BCUT2D eigenvalue weighted by atomic mass is 79.9. The molecule has 112 valence electrons. The largest absolute Gasteiger partial charge is 0.496 e. The van der Waals surface area contributed by atoms with Crippen molar-refractivity contribution in [3.05, 3.63) is 28.2 Å². The molecule has 5 heteroatoms. The fraction of sp³-hybridized carbons (Fsp3) is 0.533. The Morgan fingerprint density at radius 3 is 2.70 bits per heavy atom. The Kier molecular flexibility index (Phi) is 7.02. The maximum atomic E-state index is 11.9. The third kappa shape index (κ3) is 5.13. The molecule has 0 aromatic heterocycles. The van der Waals surface area contributed by atoms with Crippen molar-refractivity contribution in [1.29, 1.82) is 0 Å². The second kappa shape index (κ2) is 8.27. The molecule has 0 fully saturated rings. The van der Waals surface area contributed by atoms with E-state index in [0.29, 0.717) is 18.9 Å². The zero-order valence-corrected chi connectivity index (χ0v) is 13.9. The Morgan fingerprint density at radius 1 is 1.45 bits per heavy atom. The van der Waals surface area contributed by atoms with Gasteiger partial charge < -0.3 is 15.8 Å². The lowest BCUT2D eigenvalue weighted by molar-refractivity contribution is -0.122. The molecular weight excluding hydrogens is 320 g/mol. The summed E-state index contributed by atoms with van der Waals surface area (Å²) in [5, 5.41) is 3.00. The summed E-state index contributed by atoms with van der Waals surface area (Å²) in [4.78, 5) is 11.9. The number of nitrogens with two attached hydrogens (primary N) is 1. The van der Waals surface area contributed by atoms with Gasteiger partial charge in [-0.3, -0.25) is 4.79 Å². The second-order valence-corrected chi connectivity index (χ2v) is 5.92. The zero-order chi connectivity index (χ0) is 15.1. The first-order valence-electron chi connectivity index (χ1n) is 6.80. The number of halogens is 1. The topological polar surface area (TPSA) is 64.3 Å². The van der Waals surface area contributed by atoms with E-state index in [1.54, 1.807) is 7.11 Å². The number of nitrogens with one attached hydrogen (secondary N) is 1. The van der Waals surface area contributed by atoms with E-state index in [2.05, 4.69) is 28.2 Å². The van der Waals surface area contributed by atoms with Gasteiger partial charge in [-0.1, -0.05) is 13.0 Å². The number of carbonyl (C=O) groups is 1. The van der Waals surface area contributed by atoms with Gasteiger partial charge in [0.1, 0.15) is 5.75 Å². The van der Waals surface area contributed by atoms with Crippen molar-refractivity contribution in [3.63, 3.8) is 0 Å².